The lowest BCUT2D eigenvalue weighted by Gasteiger charge is -2.18. The van der Waals surface area contributed by atoms with Crippen molar-refractivity contribution in [2.75, 3.05) is 0 Å². The van der Waals surface area contributed by atoms with E-state index < -0.39 is 0 Å². The summed E-state index contributed by atoms with van der Waals surface area (Å²) < 4.78 is 2.36. The number of para-hydroxylation sites is 1. The summed E-state index contributed by atoms with van der Waals surface area (Å²) >= 11 is 0. The summed E-state index contributed by atoms with van der Waals surface area (Å²) in [7, 11) is 0. The van der Waals surface area contributed by atoms with Crippen molar-refractivity contribution in [2.24, 2.45) is 0 Å². The molecule has 1 heterocycles. The zero-order valence-corrected chi connectivity index (χ0v) is 23.7. The quantitative estimate of drug-likeness (QED) is 0.189. The molecule has 1 nitrogen and oxygen atoms in total. The Morgan fingerprint density at radius 2 is 0.581 bits per heavy atom. The molecule has 1 heteroatoms. The van der Waals surface area contributed by atoms with Gasteiger partial charge >= 0.3 is 0 Å². The first-order valence-electron chi connectivity index (χ1n) is 14.8. The molecule has 0 fully saturated rings. The lowest BCUT2D eigenvalue weighted by molar-refractivity contribution is 1.09. The van der Waals surface area contributed by atoms with Crippen LogP contribution in [0.4, 0.5) is 0 Å². The molecule has 0 N–H and O–H groups in total. The maximum absolute atomic E-state index is 2.36. The highest BCUT2D eigenvalue weighted by Crippen LogP contribution is 2.44. The van der Waals surface area contributed by atoms with E-state index in [1.54, 1.807) is 0 Å². The van der Waals surface area contributed by atoms with Crippen molar-refractivity contribution in [1.82, 2.24) is 4.57 Å². The molecular weight excluding hydrogens is 518 g/mol. The van der Waals surface area contributed by atoms with Gasteiger partial charge in [-0.25, -0.2) is 0 Å². The van der Waals surface area contributed by atoms with Gasteiger partial charge in [0.25, 0.3) is 0 Å². The first-order valence-corrected chi connectivity index (χ1v) is 14.8. The van der Waals surface area contributed by atoms with E-state index in [2.05, 4.69) is 180 Å². The van der Waals surface area contributed by atoms with Crippen molar-refractivity contribution in [3.63, 3.8) is 0 Å². The van der Waals surface area contributed by atoms with Crippen LogP contribution in [0.2, 0.25) is 0 Å². The number of hydrogen-bond donors (Lipinski definition) is 0. The second kappa shape index (κ2) is 10.6. The minimum Gasteiger partial charge on any atom is -0.309 e. The number of nitrogens with zero attached hydrogens (tertiary/aromatic N) is 1. The van der Waals surface area contributed by atoms with Crippen LogP contribution in [0.25, 0.3) is 72.0 Å². The molecule has 0 aliphatic carbocycles. The predicted molar refractivity (Wildman–Crippen MR) is 183 cm³/mol. The fraction of sp³-hybridized carbons (Fsp3) is 0. The zero-order valence-electron chi connectivity index (χ0n) is 23.7. The van der Waals surface area contributed by atoms with Gasteiger partial charge in [0.15, 0.2) is 0 Å². The fourth-order valence-corrected chi connectivity index (χ4v) is 6.51. The fourth-order valence-electron chi connectivity index (χ4n) is 6.51. The third-order valence-electron chi connectivity index (χ3n) is 8.43. The molecule has 1 aromatic heterocycles. The van der Waals surface area contributed by atoms with Gasteiger partial charge in [0.1, 0.15) is 0 Å². The highest BCUT2D eigenvalue weighted by Gasteiger charge is 2.17. The van der Waals surface area contributed by atoms with Crippen LogP contribution in [0, 0.1) is 0 Å². The van der Waals surface area contributed by atoms with E-state index in [1.807, 2.05) is 0 Å². The first-order chi connectivity index (χ1) is 21.4. The number of fused-ring (bicyclic) bond motifs is 2. The van der Waals surface area contributed by atoms with Crippen LogP contribution in [0.1, 0.15) is 0 Å². The molecule has 8 rings (SSSR count). The molecule has 0 amide bonds. The second-order valence-electron chi connectivity index (χ2n) is 10.9. The molecular formula is C42H29N. The second-order valence-corrected chi connectivity index (χ2v) is 10.9. The van der Waals surface area contributed by atoms with Gasteiger partial charge in [-0.1, -0.05) is 152 Å². The number of hydrogen-bond acceptors (Lipinski definition) is 0. The smallest absolute Gasteiger partial charge is 0.0535 e. The Bertz CT molecular complexity index is 2130. The van der Waals surface area contributed by atoms with E-state index in [-0.39, 0.29) is 0 Å². The SMILES string of the molecule is c1ccc(-c2c3ccccc3c(-c3ccc(-c4ccc(-c5ccccc5)n4-c4ccccc4)cc3)c3ccccc23)cc1. The minimum atomic E-state index is 1.15. The molecule has 0 saturated heterocycles. The first kappa shape index (κ1) is 25.1. The Morgan fingerprint density at radius 3 is 1.05 bits per heavy atom. The van der Waals surface area contributed by atoms with Gasteiger partial charge in [-0.2, -0.15) is 0 Å². The van der Waals surface area contributed by atoms with Gasteiger partial charge in [-0.15, -0.1) is 0 Å². The Labute approximate surface area is 251 Å². The third-order valence-corrected chi connectivity index (χ3v) is 8.43. The molecule has 0 spiro atoms. The van der Waals surface area contributed by atoms with Crippen molar-refractivity contribution < 1.29 is 0 Å². The molecule has 202 valence electrons. The maximum Gasteiger partial charge on any atom is 0.0535 e. The molecule has 0 atom stereocenters. The zero-order chi connectivity index (χ0) is 28.6. The topological polar surface area (TPSA) is 4.93 Å². The number of aromatic nitrogens is 1. The number of rotatable bonds is 5. The van der Waals surface area contributed by atoms with Crippen LogP contribution in [0.3, 0.4) is 0 Å². The molecule has 0 unspecified atom stereocenters. The van der Waals surface area contributed by atoms with Crippen molar-refractivity contribution in [2.45, 2.75) is 0 Å². The van der Waals surface area contributed by atoms with E-state index in [1.165, 1.54) is 66.3 Å². The summed E-state index contributed by atoms with van der Waals surface area (Å²) in [6.07, 6.45) is 0. The summed E-state index contributed by atoms with van der Waals surface area (Å²) in [6.45, 7) is 0. The maximum atomic E-state index is 2.36. The van der Waals surface area contributed by atoms with Crippen LogP contribution in [0.15, 0.2) is 176 Å². The summed E-state index contributed by atoms with van der Waals surface area (Å²) in [6, 6.07) is 63.3. The van der Waals surface area contributed by atoms with Gasteiger partial charge in [0, 0.05) is 5.69 Å². The lowest BCUT2D eigenvalue weighted by Crippen LogP contribution is -1.99. The average molecular weight is 548 g/mol. The molecule has 43 heavy (non-hydrogen) atoms. The minimum absolute atomic E-state index is 1.15. The Morgan fingerprint density at radius 1 is 0.256 bits per heavy atom. The summed E-state index contributed by atoms with van der Waals surface area (Å²) in [5, 5.41) is 5.09. The monoisotopic (exact) mass is 547 g/mol. The molecule has 8 aromatic rings. The van der Waals surface area contributed by atoms with Gasteiger partial charge in [-0.3, -0.25) is 0 Å². The Hall–Kier alpha value is -5.66. The summed E-state index contributed by atoms with van der Waals surface area (Å²) in [4.78, 5) is 0. The highest BCUT2D eigenvalue weighted by molar-refractivity contribution is 6.21. The van der Waals surface area contributed by atoms with Crippen LogP contribution in [-0.4, -0.2) is 4.57 Å². The summed E-state index contributed by atoms with van der Waals surface area (Å²) in [5.74, 6) is 0. The molecule has 0 aliphatic heterocycles. The molecule has 0 bridgehead atoms. The number of benzene rings is 7. The van der Waals surface area contributed by atoms with Crippen molar-refractivity contribution in [1.29, 1.82) is 0 Å². The summed E-state index contributed by atoms with van der Waals surface area (Å²) in [5.41, 5.74) is 10.9. The predicted octanol–water partition coefficient (Wildman–Crippen LogP) is 11.5. The van der Waals surface area contributed by atoms with Crippen LogP contribution >= 0.6 is 0 Å². The van der Waals surface area contributed by atoms with Crippen LogP contribution in [0.5, 0.6) is 0 Å². The van der Waals surface area contributed by atoms with E-state index >= 15 is 0 Å². The molecule has 7 aromatic carbocycles. The van der Waals surface area contributed by atoms with Crippen LogP contribution in [-0.2, 0) is 0 Å². The van der Waals surface area contributed by atoms with Crippen molar-refractivity contribution >= 4 is 21.5 Å². The highest BCUT2D eigenvalue weighted by atomic mass is 15.0. The Kier molecular flexibility index (Phi) is 6.20. The standard InChI is InChI=1S/C42H29N/c1-4-14-30(15-5-1)39-28-29-40(43(39)34-18-8-3-9-19-34)31-24-26-33(27-25-31)42-37-22-12-10-20-35(37)41(32-16-6-2-7-17-32)36-21-11-13-23-38(36)42/h1-29H. The lowest BCUT2D eigenvalue weighted by atomic mass is 9.86. The van der Waals surface area contributed by atoms with E-state index in [0.717, 1.165) is 5.69 Å². The van der Waals surface area contributed by atoms with Gasteiger partial charge in [-0.05, 0) is 79.2 Å². The van der Waals surface area contributed by atoms with Crippen molar-refractivity contribution in [3.05, 3.63) is 176 Å². The molecule has 0 aliphatic rings. The van der Waals surface area contributed by atoms with Crippen LogP contribution < -0.4 is 0 Å². The third kappa shape index (κ3) is 4.34. The van der Waals surface area contributed by atoms with Crippen molar-refractivity contribution in [3.8, 4) is 50.5 Å². The molecule has 0 radical (unpaired) electrons. The normalized spacial score (nSPS) is 11.3. The van der Waals surface area contributed by atoms with E-state index in [4.69, 9.17) is 0 Å². The van der Waals surface area contributed by atoms with E-state index in [0.29, 0.717) is 0 Å². The van der Waals surface area contributed by atoms with Gasteiger partial charge in [0.05, 0.1) is 11.4 Å². The average Bonchev–Trinajstić information content (AvgIpc) is 3.54. The van der Waals surface area contributed by atoms with E-state index in [9.17, 15) is 0 Å². The van der Waals surface area contributed by atoms with Gasteiger partial charge in [0.2, 0.25) is 0 Å². The van der Waals surface area contributed by atoms with Gasteiger partial charge < -0.3 is 4.57 Å². The Balaban J connectivity index is 1.31. The molecule has 0 saturated carbocycles. The largest absolute Gasteiger partial charge is 0.309 e.